The van der Waals surface area contributed by atoms with Crippen molar-refractivity contribution in [2.45, 2.75) is 59.0 Å². The van der Waals surface area contributed by atoms with E-state index in [1.807, 2.05) is 24.3 Å². The molecule has 146 valence electrons. The van der Waals surface area contributed by atoms with Crippen LogP contribution < -0.4 is 5.73 Å². The Bertz CT molecular complexity index is 484. The van der Waals surface area contributed by atoms with Crippen molar-refractivity contribution in [2.24, 2.45) is 17.8 Å². The number of hydrogen-bond acceptors (Lipinski definition) is 3. The molecule has 3 nitrogen and oxygen atoms in total. The smallest absolute Gasteiger partial charge is 0.306 e. The predicted octanol–water partition coefficient (Wildman–Crippen LogP) is 4.38. The topological polar surface area (TPSA) is 52.3 Å². The molecule has 0 saturated heterocycles. The van der Waals surface area contributed by atoms with Gasteiger partial charge in [0.25, 0.3) is 0 Å². The van der Waals surface area contributed by atoms with E-state index < -0.39 is 0 Å². The van der Waals surface area contributed by atoms with Crippen molar-refractivity contribution < 1.29 is 9.53 Å². The van der Waals surface area contributed by atoms with E-state index in [2.05, 4.69) is 20.8 Å². The van der Waals surface area contributed by atoms with Gasteiger partial charge in [-0.25, -0.2) is 0 Å². The van der Waals surface area contributed by atoms with Crippen LogP contribution in [0.1, 0.15) is 52.0 Å². The van der Waals surface area contributed by atoms with Crippen LogP contribution in [0, 0.1) is 17.8 Å². The number of benzene rings is 1. The number of aryl methyl sites for hydroxylation is 1. The lowest BCUT2D eigenvalue weighted by molar-refractivity contribution is -0.153. The molecule has 0 spiro atoms. The molecule has 5 unspecified atom stereocenters. The van der Waals surface area contributed by atoms with Crippen LogP contribution in [0.25, 0.3) is 0 Å². The summed E-state index contributed by atoms with van der Waals surface area (Å²) in [6, 6.07) is 7.85. The van der Waals surface area contributed by atoms with Gasteiger partial charge in [0, 0.05) is 12.1 Å². The first-order valence-electron chi connectivity index (χ1n) is 8.49. The van der Waals surface area contributed by atoms with E-state index >= 15 is 0 Å². The number of anilines is 1. The molecule has 1 aromatic carbocycles. The van der Waals surface area contributed by atoms with Gasteiger partial charge in [-0.1, -0.05) is 32.9 Å². The van der Waals surface area contributed by atoms with E-state index in [1.54, 1.807) is 0 Å². The van der Waals surface area contributed by atoms with E-state index in [1.165, 1.54) is 5.56 Å². The first kappa shape index (κ1) is 27.0. The molecule has 5 atom stereocenters. The summed E-state index contributed by atoms with van der Waals surface area (Å²) >= 11 is 0. The molecular formula is C19H38NO2P3. The molecule has 0 bridgehead atoms. The molecule has 1 saturated carbocycles. The van der Waals surface area contributed by atoms with Gasteiger partial charge >= 0.3 is 5.97 Å². The van der Waals surface area contributed by atoms with Gasteiger partial charge < -0.3 is 10.5 Å². The van der Waals surface area contributed by atoms with E-state index in [-0.39, 0.29) is 41.8 Å². The third-order valence-corrected chi connectivity index (χ3v) is 5.19. The van der Waals surface area contributed by atoms with Crippen LogP contribution in [0.2, 0.25) is 0 Å². The summed E-state index contributed by atoms with van der Waals surface area (Å²) in [5.74, 6) is 1.95. The zero-order valence-electron chi connectivity index (χ0n) is 16.2. The van der Waals surface area contributed by atoms with Gasteiger partial charge in [0.15, 0.2) is 0 Å². The van der Waals surface area contributed by atoms with Crippen molar-refractivity contribution in [2.75, 3.05) is 5.73 Å². The number of rotatable bonds is 5. The molecular weight excluding hydrogens is 367 g/mol. The molecule has 2 N–H and O–H groups in total. The summed E-state index contributed by atoms with van der Waals surface area (Å²) in [5, 5.41) is 0. The minimum absolute atomic E-state index is 0. The van der Waals surface area contributed by atoms with Crippen LogP contribution in [0.15, 0.2) is 24.3 Å². The fourth-order valence-electron chi connectivity index (χ4n) is 3.38. The van der Waals surface area contributed by atoms with Crippen molar-refractivity contribution in [1.29, 1.82) is 0 Å². The number of carbonyl (C=O) groups is 1. The monoisotopic (exact) mass is 405 g/mol. The van der Waals surface area contributed by atoms with Crippen LogP contribution in [0.5, 0.6) is 0 Å². The van der Waals surface area contributed by atoms with E-state index in [0.717, 1.165) is 37.3 Å². The second kappa shape index (κ2) is 13.0. The highest BCUT2D eigenvalue weighted by Gasteiger charge is 2.31. The highest BCUT2D eigenvalue weighted by molar-refractivity contribution is 6.92. The number of ether oxygens (including phenoxy) is 1. The Balaban J connectivity index is 0. The third-order valence-electron chi connectivity index (χ3n) is 5.19. The Morgan fingerprint density at radius 1 is 1.04 bits per heavy atom. The van der Waals surface area contributed by atoms with Gasteiger partial charge in [-0.15, -0.1) is 0 Å². The SMILES string of the molecule is CC1CC(OC(=O)CCCc2ccc(N)cc2)CC(C)C1C.P.P.P. The van der Waals surface area contributed by atoms with Gasteiger partial charge in [-0.3, -0.25) is 4.79 Å². The second-order valence-corrected chi connectivity index (χ2v) is 6.99. The normalized spacial score (nSPS) is 24.9. The van der Waals surface area contributed by atoms with Crippen molar-refractivity contribution in [3.63, 3.8) is 0 Å². The average molecular weight is 405 g/mol. The standard InChI is InChI=1S/C19H29NO2.3H3P/c1-13-11-18(12-14(2)15(13)3)22-19(21)6-4-5-16-7-9-17(20)10-8-16;;;/h7-10,13-15,18H,4-6,11-12,20H2,1-3H3;3*1H3. The number of carbonyl (C=O) groups excluding carboxylic acids is 1. The van der Waals surface area contributed by atoms with E-state index in [9.17, 15) is 4.79 Å². The minimum atomic E-state index is -0.0469. The highest BCUT2D eigenvalue weighted by atomic mass is 31.0. The van der Waals surface area contributed by atoms with Crippen LogP contribution in [0.4, 0.5) is 5.69 Å². The average Bonchev–Trinajstić information content (AvgIpc) is 2.47. The Morgan fingerprint density at radius 3 is 2.08 bits per heavy atom. The molecule has 0 aromatic heterocycles. The fourth-order valence-corrected chi connectivity index (χ4v) is 3.38. The van der Waals surface area contributed by atoms with Crippen LogP contribution >= 0.6 is 29.7 Å². The number of hydrogen-bond donors (Lipinski definition) is 1. The fraction of sp³-hybridized carbons (Fsp3) is 0.632. The largest absolute Gasteiger partial charge is 0.462 e. The maximum atomic E-state index is 12.0. The van der Waals surface area contributed by atoms with Crippen molar-refractivity contribution in [1.82, 2.24) is 0 Å². The number of nitrogens with two attached hydrogens (primary N) is 1. The maximum absolute atomic E-state index is 12.0. The van der Waals surface area contributed by atoms with Gasteiger partial charge in [0.2, 0.25) is 0 Å². The number of nitrogen functional groups attached to an aromatic ring is 1. The van der Waals surface area contributed by atoms with E-state index in [0.29, 0.717) is 18.3 Å². The summed E-state index contributed by atoms with van der Waals surface area (Å²) in [6.07, 6.45) is 4.36. The second-order valence-electron chi connectivity index (χ2n) is 6.99. The lowest BCUT2D eigenvalue weighted by atomic mass is 9.73. The summed E-state index contributed by atoms with van der Waals surface area (Å²) < 4.78 is 5.68. The molecule has 1 aliphatic carbocycles. The van der Waals surface area contributed by atoms with Gasteiger partial charge in [-0.2, -0.15) is 29.7 Å². The predicted molar refractivity (Wildman–Crippen MR) is 124 cm³/mol. The van der Waals surface area contributed by atoms with Crippen LogP contribution in [-0.2, 0) is 16.0 Å². The molecule has 6 heteroatoms. The molecule has 0 heterocycles. The first-order chi connectivity index (χ1) is 10.5. The Hall–Kier alpha value is -0.220. The number of esters is 1. The quantitative estimate of drug-likeness (QED) is 0.449. The summed E-state index contributed by atoms with van der Waals surface area (Å²) in [7, 11) is 0. The van der Waals surface area contributed by atoms with Gasteiger partial charge in [0.1, 0.15) is 6.10 Å². The molecule has 0 radical (unpaired) electrons. The third kappa shape index (κ3) is 8.81. The molecule has 2 rings (SSSR count). The molecule has 0 aliphatic heterocycles. The van der Waals surface area contributed by atoms with Gasteiger partial charge in [0.05, 0.1) is 0 Å². The molecule has 25 heavy (non-hydrogen) atoms. The summed E-state index contributed by atoms with van der Waals surface area (Å²) in [4.78, 5) is 12.0. The van der Waals surface area contributed by atoms with E-state index in [4.69, 9.17) is 10.5 Å². The zero-order valence-corrected chi connectivity index (χ0v) is 20.4. The summed E-state index contributed by atoms with van der Waals surface area (Å²) in [5.41, 5.74) is 7.66. The minimum Gasteiger partial charge on any atom is -0.462 e. The van der Waals surface area contributed by atoms with Crippen molar-refractivity contribution in [3.8, 4) is 0 Å². The molecule has 0 amide bonds. The lowest BCUT2D eigenvalue weighted by Gasteiger charge is -2.36. The maximum Gasteiger partial charge on any atom is 0.306 e. The Kier molecular flexibility index (Phi) is 14.1. The highest BCUT2D eigenvalue weighted by Crippen LogP contribution is 2.35. The Labute approximate surface area is 163 Å². The van der Waals surface area contributed by atoms with Crippen molar-refractivity contribution in [3.05, 3.63) is 29.8 Å². The first-order valence-corrected chi connectivity index (χ1v) is 8.49. The van der Waals surface area contributed by atoms with Gasteiger partial charge in [-0.05, 0) is 61.1 Å². The van der Waals surface area contributed by atoms with Crippen molar-refractivity contribution >= 4 is 41.4 Å². The molecule has 1 fully saturated rings. The summed E-state index contributed by atoms with van der Waals surface area (Å²) in [6.45, 7) is 6.84. The lowest BCUT2D eigenvalue weighted by Crippen LogP contribution is -2.33. The van der Waals surface area contributed by atoms with Crippen LogP contribution in [0.3, 0.4) is 0 Å². The molecule has 1 aromatic rings. The van der Waals surface area contributed by atoms with Crippen LogP contribution in [-0.4, -0.2) is 12.1 Å². The Morgan fingerprint density at radius 2 is 1.56 bits per heavy atom. The zero-order chi connectivity index (χ0) is 16.1. The molecule has 1 aliphatic rings.